The average molecular weight is 253 g/mol. The van der Waals surface area contributed by atoms with Gasteiger partial charge in [0.05, 0.1) is 6.54 Å². The van der Waals surface area contributed by atoms with Gasteiger partial charge in [0.2, 0.25) is 0 Å². The highest BCUT2D eigenvalue weighted by atomic mass is 16.2. The molecule has 0 radical (unpaired) electrons. The third kappa shape index (κ3) is 3.34. The zero-order chi connectivity index (χ0) is 13.7. The van der Waals surface area contributed by atoms with E-state index in [0.29, 0.717) is 6.54 Å². The fraction of sp³-hybridized carbons (Fsp3) is 0.188. The molecule has 1 aromatic heterocycles. The molecule has 1 heterocycles. The molecule has 0 aliphatic heterocycles. The normalized spacial score (nSPS) is 9.79. The average Bonchev–Trinajstić information content (AvgIpc) is 2.41. The number of aromatic nitrogens is 1. The molecule has 0 aliphatic carbocycles. The van der Waals surface area contributed by atoms with Gasteiger partial charge in [0.25, 0.3) is 5.56 Å². The molecule has 96 valence electrons. The summed E-state index contributed by atoms with van der Waals surface area (Å²) in [4.78, 5) is 11.9. The van der Waals surface area contributed by atoms with Gasteiger partial charge in [0, 0.05) is 17.8 Å². The van der Waals surface area contributed by atoms with Gasteiger partial charge >= 0.3 is 0 Å². The zero-order valence-electron chi connectivity index (χ0n) is 10.8. The monoisotopic (exact) mass is 253 g/mol. The van der Waals surface area contributed by atoms with Crippen LogP contribution in [0.5, 0.6) is 0 Å². The van der Waals surface area contributed by atoms with Crippen LogP contribution in [0.15, 0.2) is 47.4 Å². The maximum atomic E-state index is 11.9. The van der Waals surface area contributed by atoms with E-state index in [-0.39, 0.29) is 12.2 Å². The van der Waals surface area contributed by atoms with Crippen molar-refractivity contribution >= 4 is 0 Å². The summed E-state index contributed by atoms with van der Waals surface area (Å²) in [7, 11) is 0. The predicted molar refractivity (Wildman–Crippen MR) is 74.9 cm³/mol. The van der Waals surface area contributed by atoms with Gasteiger partial charge in [-0.25, -0.2) is 0 Å². The van der Waals surface area contributed by atoms with Gasteiger partial charge in [-0.1, -0.05) is 30.0 Å². The summed E-state index contributed by atoms with van der Waals surface area (Å²) in [5.74, 6) is 5.53. The molecule has 3 heteroatoms. The molecule has 0 saturated heterocycles. The van der Waals surface area contributed by atoms with Crippen molar-refractivity contribution in [2.45, 2.75) is 13.5 Å². The highest BCUT2D eigenvalue weighted by Crippen LogP contribution is 2.08. The van der Waals surface area contributed by atoms with E-state index in [1.54, 1.807) is 16.8 Å². The summed E-state index contributed by atoms with van der Waals surface area (Å²) >= 11 is 0. The molecule has 19 heavy (non-hydrogen) atoms. The third-order valence-electron chi connectivity index (χ3n) is 2.81. The lowest BCUT2D eigenvalue weighted by Crippen LogP contribution is -2.19. The Kier molecular flexibility index (Phi) is 4.17. The number of pyridine rings is 1. The van der Waals surface area contributed by atoms with Gasteiger partial charge in [0.1, 0.15) is 6.61 Å². The van der Waals surface area contributed by atoms with Crippen LogP contribution in [0, 0.1) is 18.8 Å². The molecule has 0 amide bonds. The number of aliphatic hydroxyl groups excluding tert-OH is 1. The van der Waals surface area contributed by atoms with E-state index in [9.17, 15) is 4.79 Å². The molecule has 0 fully saturated rings. The van der Waals surface area contributed by atoms with Gasteiger partial charge in [-0.15, -0.1) is 0 Å². The Morgan fingerprint density at radius 1 is 1.26 bits per heavy atom. The molecule has 0 bridgehead atoms. The maximum absolute atomic E-state index is 11.9. The van der Waals surface area contributed by atoms with E-state index in [2.05, 4.69) is 11.8 Å². The van der Waals surface area contributed by atoms with E-state index in [4.69, 9.17) is 5.11 Å². The van der Waals surface area contributed by atoms with Crippen LogP contribution >= 0.6 is 0 Å². The Labute approximate surface area is 112 Å². The van der Waals surface area contributed by atoms with Crippen molar-refractivity contribution in [3.05, 3.63) is 69.6 Å². The zero-order valence-corrected chi connectivity index (χ0v) is 10.8. The molecule has 0 aliphatic rings. The molecule has 2 rings (SSSR count). The van der Waals surface area contributed by atoms with Crippen molar-refractivity contribution in [1.29, 1.82) is 0 Å². The van der Waals surface area contributed by atoms with Crippen LogP contribution in [0.25, 0.3) is 0 Å². The van der Waals surface area contributed by atoms with Crippen molar-refractivity contribution < 1.29 is 5.11 Å². The predicted octanol–water partition coefficient (Wildman–Crippen LogP) is 1.55. The van der Waals surface area contributed by atoms with Crippen molar-refractivity contribution in [3.63, 3.8) is 0 Å². The summed E-state index contributed by atoms with van der Waals surface area (Å²) < 4.78 is 1.65. The van der Waals surface area contributed by atoms with Crippen LogP contribution in [0.3, 0.4) is 0 Å². The number of aryl methyl sites for hydroxylation is 1. The van der Waals surface area contributed by atoms with Crippen LogP contribution in [0.4, 0.5) is 0 Å². The van der Waals surface area contributed by atoms with Crippen molar-refractivity contribution in [2.75, 3.05) is 6.61 Å². The van der Waals surface area contributed by atoms with Gasteiger partial charge < -0.3 is 9.67 Å². The molecule has 0 atom stereocenters. The molecule has 0 saturated carbocycles. The summed E-state index contributed by atoms with van der Waals surface area (Å²) in [6, 6.07) is 11.2. The fourth-order valence-corrected chi connectivity index (χ4v) is 1.84. The summed E-state index contributed by atoms with van der Waals surface area (Å²) in [5.41, 5.74) is 2.73. The first-order valence-electron chi connectivity index (χ1n) is 6.05. The van der Waals surface area contributed by atoms with E-state index in [0.717, 1.165) is 16.7 Å². The lowest BCUT2D eigenvalue weighted by atomic mass is 10.1. The smallest absolute Gasteiger partial charge is 0.251 e. The first-order chi connectivity index (χ1) is 9.20. The molecule has 2 aromatic rings. The Bertz CT molecular complexity index is 690. The number of aliphatic hydroxyl groups is 1. The number of benzene rings is 1. The fourth-order valence-electron chi connectivity index (χ4n) is 1.84. The summed E-state index contributed by atoms with van der Waals surface area (Å²) in [6.07, 6.45) is 1.79. The largest absolute Gasteiger partial charge is 0.384 e. The molecular formula is C16H15NO2. The standard InChI is InChI=1S/C16H15NO2/c1-13-8-9-17(16(19)11-13)12-15-6-3-2-5-14(15)7-4-10-18/h2-3,5-6,8-9,11,18H,10,12H2,1H3. The molecule has 3 nitrogen and oxygen atoms in total. The van der Waals surface area contributed by atoms with Gasteiger partial charge in [0.15, 0.2) is 0 Å². The van der Waals surface area contributed by atoms with Crippen LogP contribution in [-0.4, -0.2) is 16.3 Å². The number of nitrogens with zero attached hydrogens (tertiary/aromatic N) is 1. The third-order valence-corrected chi connectivity index (χ3v) is 2.81. The Morgan fingerprint density at radius 2 is 2.05 bits per heavy atom. The highest BCUT2D eigenvalue weighted by Gasteiger charge is 2.02. The Balaban J connectivity index is 2.35. The van der Waals surface area contributed by atoms with E-state index in [1.807, 2.05) is 37.3 Å². The highest BCUT2D eigenvalue weighted by molar-refractivity contribution is 5.41. The molecule has 0 spiro atoms. The first kappa shape index (κ1) is 13.1. The number of hydrogen-bond acceptors (Lipinski definition) is 2. The van der Waals surface area contributed by atoms with Gasteiger partial charge in [-0.2, -0.15) is 0 Å². The Hall–Kier alpha value is -2.31. The minimum absolute atomic E-state index is 0.0232. The van der Waals surface area contributed by atoms with Crippen LogP contribution in [-0.2, 0) is 6.54 Å². The summed E-state index contributed by atoms with van der Waals surface area (Å²) in [6.45, 7) is 2.21. The van der Waals surface area contributed by atoms with Crippen molar-refractivity contribution in [3.8, 4) is 11.8 Å². The van der Waals surface area contributed by atoms with Crippen LogP contribution in [0.2, 0.25) is 0 Å². The second kappa shape index (κ2) is 6.03. The van der Waals surface area contributed by atoms with Gasteiger partial charge in [-0.3, -0.25) is 4.79 Å². The lowest BCUT2D eigenvalue weighted by molar-refractivity contribution is 0.350. The minimum Gasteiger partial charge on any atom is -0.384 e. The van der Waals surface area contributed by atoms with Crippen molar-refractivity contribution in [1.82, 2.24) is 4.57 Å². The number of hydrogen-bond donors (Lipinski definition) is 1. The number of rotatable bonds is 2. The summed E-state index contributed by atoms with van der Waals surface area (Å²) in [5, 5.41) is 8.75. The molecule has 1 aromatic carbocycles. The maximum Gasteiger partial charge on any atom is 0.251 e. The van der Waals surface area contributed by atoms with Crippen LogP contribution in [0.1, 0.15) is 16.7 Å². The lowest BCUT2D eigenvalue weighted by Gasteiger charge is -2.08. The quantitative estimate of drug-likeness (QED) is 0.825. The van der Waals surface area contributed by atoms with Crippen LogP contribution < -0.4 is 5.56 Å². The SMILES string of the molecule is Cc1ccn(Cc2ccccc2C#CCO)c(=O)c1. The van der Waals surface area contributed by atoms with E-state index in [1.165, 1.54) is 0 Å². The second-order valence-electron chi connectivity index (χ2n) is 4.29. The minimum atomic E-state index is -0.168. The van der Waals surface area contributed by atoms with Crippen molar-refractivity contribution in [2.24, 2.45) is 0 Å². The van der Waals surface area contributed by atoms with E-state index >= 15 is 0 Å². The first-order valence-corrected chi connectivity index (χ1v) is 6.05. The Morgan fingerprint density at radius 3 is 2.79 bits per heavy atom. The van der Waals surface area contributed by atoms with Gasteiger partial charge in [-0.05, 0) is 30.2 Å². The van der Waals surface area contributed by atoms with E-state index < -0.39 is 0 Å². The topological polar surface area (TPSA) is 42.2 Å². The molecular weight excluding hydrogens is 238 g/mol. The second-order valence-corrected chi connectivity index (χ2v) is 4.29. The molecule has 0 unspecified atom stereocenters. The molecule has 1 N–H and O–H groups in total.